The van der Waals surface area contributed by atoms with Crippen molar-refractivity contribution in [3.05, 3.63) is 71.4 Å². The molecule has 0 fully saturated rings. The van der Waals surface area contributed by atoms with Gasteiger partial charge in [0.2, 0.25) is 0 Å². The number of hydrogen-bond acceptors (Lipinski definition) is 3. The van der Waals surface area contributed by atoms with Crippen molar-refractivity contribution in [2.24, 2.45) is 0 Å². The molecule has 0 spiro atoms. The van der Waals surface area contributed by atoms with Crippen LogP contribution in [0.15, 0.2) is 65.9 Å². The average molecular weight is 334 g/mol. The maximum Gasteiger partial charge on any atom is 0.322 e. The number of rotatable bonds is 2. The van der Waals surface area contributed by atoms with Crippen molar-refractivity contribution in [3.63, 3.8) is 0 Å². The summed E-state index contributed by atoms with van der Waals surface area (Å²) in [5, 5.41) is 2.92. The number of anilines is 2. The molecule has 6 heteroatoms. The van der Waals surface area contributed by atoms with E-state index in [1.165, 1.54) is 4.90 Å². The predicted octanol–water partition coefficient (Wildman–Crippen LogP) is 2.27. The van der Waals surface area contributed by atoms with Crippen molar-refractivity contribution in [1.82, 2.24) is 10.2 Å². The van der Waals surface area contributed by atoms with Gasteiger partial charge in [0.15, 0.2) is 0 Å². The molecule has 0 aliphatic carbocycles. The summed E-state index contributed by atoms with van der Waals surface area (Å²) >= 11 is 0. The highest BCUT2D eigenvalue weighted by Gasteiger charge is 2.43. The molecule has 0 radical (unpaired) electrons. The van der Waals surface area contributed by atoms with E-state index in [1.54, 1.807) is 18.0 Å². The molecule has 3 N–H and O–H groups in total. The standard InChI is InChI=1S/C19H18N4O2/c1-22-15-11-23(14-10-6-5-9-13(14)20)18(24)16(15)17(21-19(22)25)12-7-3-2-4-8-12/h2-10,17H,11,20H2,1H3,(H,21,25)/t17-/m1/s1. The van der Waals surface area contributed by atoms with Gasteiger partial charge in [-0.25, -0.2) is 4.79 Å². The SMILES string of the molecule is CN1C(=O)N[C@H](c2ccccc2)C2=C1CN(c1ccccc1N)C2=O. The zero-order valence-corrected chi connectivity index (χ0v) is 13.8. The molecule has 0 aromatic heterocycles. The Labute approximate surface area is 145 Å². The van der Waals surface area contributed by atoms with Crippen molar-refractivity contribution in [2.45, 2.75) is 6.04 Å². The highest BCUT2D eigenvalue weighted by atomic mass is 16.2. The van der Waals surface area contributed by atoms with Crippen LogP contribution in [-0.4, -0.2) is 30.4 Å². The minimum Gasteiger partial charge on any atom is -0.397 e. The van der Waals surface area contributed by atoms with Crippen LogP contribution in [0.3, 0.4) is 0 Å². The fourth-order valence-electron chi connectivity index (χ4n) is 3.39. The van der Waals surface area contributed by atoms with E-state index in [2.05, 4.69) is 5.32 Å². The monoisotopic (exact) mass is 334 g/mol. The molecule has 4 rings (SSSR count). The predicted molar refractivity (Wildman–Crippen MR) is 95.7 cm³/mol. The van der Waals surface area contributed by atoms with Crippen LogP contribution in [0.5, 0.6) is 0 Å². The second kappa shape index (κ2) is 5.66. The van der Waals surface area contributed by atoms with Gasteiger partial charge in [0, 0.05) is 7.05 Å². The van der Waals surface area contributed by atoms with Gasteiger partial charge in [0.25, 0.3) is 5.91 Å². The van der Waals surface area contributed by atoms with Crippen LogP contribution in [0.1, 0.15) is 11.6 Å². The molecule has 2 aromatic carbocycles. The molecule has 2 heterocycles. The van der Waals surface area contributed by atoms with Crippen molar-refractivity contribution in [1.29, 1.82) is 0 Å². The molecule has 6 nitrogen and oxygen atoms in total. The van der Waals surface area contributed by atoms with Gasteiger partial charge >= 0.3 is 6.03 Å². The van der Waals surface area contributed by atoms with Crippen molar-refractivity contribution >= 4 is 23.3 Å². The van der Waals surface area contributed by atoms with Crippen molar-refractivity contribution in [2.75, 3.05) is 24.2 Å². The fraction of sp³-hybridized carbons (Fsp3) is 0.158. The lowest BCUT2D eigenvalue weighted by Gasteiger charge is -2.31. The van der Waals surface area contributed by atoms with Gasteiger partial charge < -0.3 is 16.0 Å². The summed E-state index contributed by atoms with van der Waals surface area (Å²) in [5.41, 5.74) is 9.44. The minimum absolute atomic E-state index is 0.131. The molecular weight excluding hydrogens is 316 g/mol. The molecule has 25 heavy (non-hydrogen) atoms. The number of nitrogens with zero attached hydrogens (tertiary/aromatic N) is 2. The Bertz CT molecular complexity index is 891. The molecule has 2 aromatic rings. The fourth-order valence-corrected chi connectivity index (χ4v) is 3.39. The van der Waals surface area contributed by atoms with Crippen LogP contribution >= 0.6 is 0 Å². The molecular formula is C19H18N4O2. The number of hydrogen-bond donors (Lipinski definition) is 2. The Kier molecular flexibility index (Phi) is 3.46. The normalized spacial score (nSPS) is 20.0. The van der Waals surface area contributed by atoms with Crippen LogP contribution in [0.2, 0.25) is 0 Å². The Morgan fingerprint density at radius 1 is 1.04 bits per heavy atom. The van der Waals surface area contributed by atoms with E-state index < -0.39 is 6.04 Å². The lowest BCUT2D eigenvalue weighted by molar-refractivity contribution is -0.114. The number of benzene rings is 2. The zero-order chi connectivity index (χ0) is 17.6. The molecule has 2 aliphatic heterocycles. The number of likely N-dealkylation sites (N-methyl/N-ethyl adjacent to an activating group) is 1. The van der Waals surface area contributed by atoms with Crippen molar-refractivity contribution < 1.29 is 9.59 Å². The zero-order valence-electron chi connectivity index (χ0n) is 13.8. The molecule has 0 saturated heterocycles. The quantitative estimate of drug-likeness (QED) is 0.827. The molecule has 0 unspecified atom stereocenters. The Morgan fingerprint density at radius 2 is 1.72 bits per heavy atom. The first-order valence-corrected chi connectivity index (χ1v) is 8.06. The lowest BCUT2D eigenvalue weighted by atomic mass is 9.96. The van der Waals surface area contributed by atoms with E-state index in [4.69, 9.17) is 5.73 Å². The highest BCUT2D eigenvalue weighted by molar-refractivity contribution is 6.12. The maximum absolute atomic E-state index is 13.2. The second-order valence-electron chi connectivity index (χ2n) is 6.16. The average Bonchev–Trinajstić information content (AvgIpc) is 2.97. The van der Waals surface area contributed by atoms with E-state index in [1.807, 2.05) is 48.5 Å². The van der Waals surface area contributed by atoms with Gasteiger partial charge in [-0.05, 0) is 17.7 Å². The third kappa shape index (κ3) is 2.34. The minimum atomic E-state index is -0.456. The number of urea groups is 1. The Hall–Kier alpha value is -3.28. The number of amides is 3. The van der Waals surface area contributed by atoms with E-state index in [9.17, 15) is 9.59 Å². The number of nitrogen functional groups attached to an aromatic ring is 1. The van der Waals surface area contributed by atoms with Gasteiger partial charge in [-0.3, -0.25) is 9.69 Å². The Balaban J connectivity index is 1.79. The summed E-state index contributed by atoms with van der Waals surface area (Å²) in [6, 6.07) is 16.1. The molecule has 0 saturated carbocycles. The number of nitrogens with one attached hydrogen (secondary N) is 1. The second-order valence-corrected chi connectivity index (χ2v) is 6.16. The summed E-state index contributed by atoms with van der Waals surface area (Å²) < 4.78 is 0. The van der Waals surface area contributed by atoms with Crippen LogP contribution in [0.4, 0.5) is 16.2 Å². The smallest absolute Gasteiger partial charge is 0.322 e. The number of carbonyl (C=O) groups excluding carboxylic acids is 2. The summed E-state index contributed by atoms with van der Waals surface area (Å²) in [7, 11) is 1.68. The van der Waals surface area contributed by atoms with Crippen LogP contribution in [0.25, 0.3) is 0 Å². The molecule has 2 aliphatic rings. The summed E-state index contributed by atoms with van der Waals surface area (Å²) in [6.07, 6.45) is 0. The summed E-state index contributed by atoms with van der Waals surface area (Å²) in [6.45, 7) is 0.329. The summed E-state index contributed by atoms with van der Waals surface area (Å²) in [4.78, 5) is 28.7. The highest BCUT2D eigenvalue weighted by Crippen LogP contribution is 2.38. The van der Waals surface area contributed by atoms with Crippen LogP contribution in [0, 0.1) is 0 Å². The Morgan fingerprint density at radius 3 is 2.44 bits per heavy atom. The van der Waals surface area contributed by atoms with E-state index >= 15 is 0 Å². The van der Waals surface area contributed by atoms with Gasteiger partial charge in [-0.2, -0.15) is 0 Å². The first-order chi connectivity index (χ1) is 12.1. The molecule has 1 atom stereocenters. The third-order valence-electron chi connectivity index (χ3n) is 4.72. The van der Waals surface area contributed by atoms with Gasteiger partial charge in [0.05, 0.1) is 35.2 Å². The van der Waals surface area contributed by atoms with E-state index in [0.717, 1.165) is 5.56 Å². The number of nitrogens with two attached hydrogens (primary N) is 1. The van der Waals surface area contributed by atoms with Crippen LogP contribution < -0.4 is 16.0 Å². The molecule has 3 amide bonds. The first-order valence-electron chi connectivity index (χ1n) is 8.06. The van der Waals surface area contributed by atoms with Gasteiger partial charge in [-0.15, -0.1) is 0 Å². The van der Waals surface area contributed by atoms with Crippen LogP contribution in [-0.2, 0) is 4.79 Å². The number of carbonyl (C=O) groups is 2. The summed E-state index contributed by atoms with van der Waals surface area (Å²) in [5.74, 6) is -0.131. The first kappa shape index (κ1) is 15.3. The van der Waals surface area contributed by atoms with Gasteiger partial charge in [0.1, 0.15) is 0 Å². The van der Waals surface area contributed by atoms with Crippen molar-refractivity contribution in [3.8, 4) is 0 Å². The maximum atomic E-state index is 13.2. The van der Waals surface area contributed by atoms with E-state index in [-0.39, 0.29) is 11.9 Å². The van der Waals surface area contributed by atoms with Gasteiger partial charge in [-0.1, -0.05) is 42.5 Å². The topological polar surface area (TPSA) is 78.7 Å². The largest absolute Gasteiger partial charge is 0.397 e. The lowest BCUT2D eigenvalue weighted by Crippen LogP contribution is -2.45. The van der Waals surface area contributed by atoms with E-state index in [0.29, 0.717) is 29.2 Å². The third-order valence-corrected chi connectivity index (χ3v) is 4.72. The molecule has 0 bridgehead atoms. The number of para-hydroxylation sites is 2. The molecule has 126 valence electrons.